The summed E-state index contributed by atoms with van der Waals surface area (Å²) in [4.78, 5) is 12.4. The maximum atomic E-state index is 12.4. The van der Waals surface area contributed by atoms with Gasteiger partial charge in [0.2, 0.25) is 0 Å². The molecule has 1 aromatic heterocycles. The van der Waals surface area contributed by atoms with Crippen LogP contribution in [0.25, 0.3) is 10.9 Å². The van der Waals surface area contributed by atoms with E-state index in [-0.39, 0.29) is 11.0 Å². The Kier molecular flexibility index (Phi) is 4.04. The van der Waals surface area contributed by atoms with Gasteiger partial charge in [-0.2, -0.15) is 0 Å². The Morgan fingerprint density at radius 1 is 1.32 bits per heavy atom. The Labute approximate surface area is 121 Å². The largest absolute Gasteiger partial charge is 0.277 e. The highest BCUT2D eigenvalue weighted by molar-refractivity contribution is 9.09. The van der Waals surface area contributed by atoms with Crippen LogP contribution < -0.4 is 5.56 Å². The molecule has 0 spiro atoms. The summed E-state index contributed by atoms with van der Waals surface area (Å²) in [5, 5.41) is 9.61. The van der Waals surface area contributed by atoms with E-state index >= 15 is 0 Å². The quantitative estimate of drug-likeness (QED) is 0.816. The van der Waals surface area contributed by atoms with Crippen molar-refractivity contribution in [3.8, 4) is 0 Å². The molecule has 5 heteroatoms. The number of benzene rings is 1. The minimum atomic E-state index is -0.0687. The molecule has 2 aromatic rings. The molecule has 0 fully saturated rings. The second-order valence-electron chi connectivity index (χ2n) is 5.81. The molecule has 1 unspecified atom stereocenters. The van der Waals surface area contributed by atoms with E-state index in [9.17, 15) is 4.79 Å². The molecule has 4 nitrogen and oxygen atoms in total. The number of rotatable bonds is 3. The van der Waals surface area contributed by atoms with Gasteiger partial charge in [-0.1, -0.05) is 54.0 Å². The van der Waals surface area contributed by atoms with Gasteiger partial charge in [-0.3, -0.25) is 4.79 Å². The molecule has 0 N–H and O–H groups in total. The summed E-state index contributed by atoms with van der Waals surface area (Å²) in [7, 11) is 0. The van der Waals surface area contributed by atoms with Crippen LogP contribution in [0.5, 0.6) is 0 Å². The fraction of sp³-hybridized carbons (Fsp3) is 0.500. The third-order valence-electron chi connectivity index (χ3n) is 3.43. The van der Waals surface area contributed by atoms with Crippen LogP contribution in [0, 0.1) is 11.3 Å². The highest BCUT2D eigenvalue weighted by atomic mass is 79.9. The van der Waals surface area contributed by atoms with Crippen molar-refractivity contribution in [2.24, 2.45) is 11.3 Å². The summed E-state index contributed by atoms with van der Waals surface area (Å²) < 4.78 is 1.47. The number of alkyl halides is 1. The zero-order chi connectivity index (χ0) is 14.0. The summed E-state index contributed by atoms with van der Waals surface area (Å²) in [5.41, 5.74) is 0.687. The van der Waals surface area contributed by atoms with Crippen molar-refractivity contribution in [1.82, 2.24) is 15.0 Å². The van der Waals surface area contributed by atoms with Crippen molar-refractivity contribution in [2.45, 2.75) is 27.3 Å². The molecule has 102 valence electrons. The molecule has 0 bridgehead atoms. The van der Waals surface area contributed by atoms with Gasteiger partial charge in [0.25, 0.3) is 5.56 Å². The summed E-state index contributed by atoms with van der Waals surface area (Å²) >= 11 is 3.52. The number of hydrogen-bond donors (Lipinski definition) is 0. The first-order valence-electron chi connectivity index (χ1n) is 6.32. The van der Waals surface area contributed by atoms with Crippen LogP contribution in [-0.2, 0) is 6.54 Å². The van der Waals surface area contributed by atoms with Crippen molar-refractivity contribution in [1.29, 1.82) is 0 Å². The van der Waals surface area contributed by atoms with Gasteiger partial charge in [-0.15, -0.1) is 5.10 Å². The highest BCUT2D eigenvalue weighted by Crippen LogP contribution is 2.28. The minimum absolute atomic E-state index is 0.0687. The van der Waals surface area contributed by atoms with Gasteiger partial charge in [0.15, 0.2) is 0 Å². The molecule has 2 rings (SSSR count). The van der Waals surface area contributed by atoms with Gasteiger partial charge in [-0.25, -0.2) is 4.68 Å². The second-order valence-corrected chi connectivity index (χ2v) is 6.46. The predicted molar refractivity (Wildman–Crippen MR) is 80.5 cm³/mol. The maximum absolute atomic E-state index is 12.4. The van der Waals surface area contributed by atoms with Crippen molar-refractivity contribution >= 4 is 26.8 Å². The molecule has 0 aliphatic carbocycles. The number of fused-ring (bicyclic) bond motifs is 1. The lowest BCUT2D eigenvalue weighted by molar-refractivity contribution is 0.227. The SMILES string of the molecule is CC(C)(C)C(CBr)Cn1nnc2ccccc2c1=O. The predicted octanol–water partition coefficient (Wildman–Crippen LogP) is 2.85. The summed E-state index contributed by atoms with van der Waals surface area (Å²) in [6.07, 6.45) is 0. The van der Waals surface area contributed by atoms with Crippen LogP contribution in [-0.4, -0.2) is 20.3 Å². The van der Waals surface area contributed by atoms with Gasteiger partial charge in [0.05, 0.1) is 11.9 Å². The van der Waals surface area contributed by atoms with E-state index in [1.165, 1.54) is 4.68 Å². The molecule has 1 atom stereocenters. The molecule has 0 radical (unpaired) electrons. The van der Waals surface area contributed by atoms with Crippen LogP contribution >= 0.6 is 15.9 Å². The van der Waals surface area contributed by atoms with Crippen molar-refractivity contribution < 1.29 is 0 Å². The molecule has 0 aliphatic heterocycles. The Hall–Kier alpha value is -1.23. The van der Waals surface area contributed by atoms with Crippen molar-refractivity contribution in [3.63, 3.8) is 0 Å². The van der Waals surface area contributed by atoms with E-state index in [0.29, 0.717) is 23.4 Å². The van der Waals surface area contributed by atoms with Crippen molar-refractivity contribution in [3.05, 3.63) is 34.6 Å². The number of hydrogen-bond acceptors (Lipinski definition) is 3. The van der Waals surface area contributed by atoms with Crippen LogP contribution in [0.2, 0.25) is 0 Å². The van der Waals surface area contributed by atoms with E-state index in [1.807, 2.05) is 12.1 Å². The molecule has 0 saturated heterocycles. The maximum Gasteiger partial charge on any atom is 0.277 e. The Morgan fingerprint density at radius 2 is 2.00 bits per heavy atom. The third kappa shape index (κ3) is 3.03. The first-order chi connectivity index (χ1) is 8.93. The fourth-order valence-electron chi connectivity index (χ4n) is 1.91. The van der Waals surface area contributed by atoms with E-state index in [0.717, 1.165) is 5.33 Å². The normalized spacial score (nSPS) is 13.7. The standard InChI is InChI=1S/C14H18BrN3O/c1-14(2,3)10(8-15)9-18-13(19)11-6-4-5-7-12(11)16-17-18/h4-7,10H,8-9H2,1-3H3. The van der Waals surface area contributed by atoms with E-state index < -0.39 is 0 Å². The van der Waals surface area contributed by atoms with Gasteiger partial charge in [-0.05, 0) is 23.5 Å². The van der Waals surface area contributed by atoms with Crippen LogP contribution in [0.1, 0.15) is 20.8 Å². The Balaban J connectivity index is 2.41. The highest BCUT2D eigenvalue weighted by Gasteiger charge is 2.25. The lowest BCUT2D eigenvalue weighted by Gasteiger charge is -2.28. The summed E-state index contributed by atoms with van der Waals surface area (Å²) in [6.45, 7) is 7.07. The van der Waals surface area contributed by atoms with Crippen LogP contribution in [0.4, 0.5) is 0 Å². The molecule has 19 heavy (non-hydrogen) atoms. The zero-order valence-corrected chi connectivity index (χ0v) is 13.0. The lowest BCUT2D eigenvalue weighted by atomic mass is 9.82. The monoisotopic (exact) mass is 323 g/mol. The smallest absolute Gasteiger partial charge is 0.267 e. The van der Waals surface area contributed by atoms with Gasteiger partial charge in [0.1, 0.15) is 5.52 Å². The van der Waals surface area contributed by atoms with Crippen LogP contribution in [0.3, 0.4) is 0 Å². The van der Waals surface area contributed by atoms with Crippen molar-refractivity contribution in [2.75, 3.05) is 5.33 Å². The third-order valence-corrected chi connectivity index (χ3v) is 4.22. The molecular weight excluding hydrogens is 306 g/mol. The second kappa shape index (κ2) is 5.41. The van der Waals surface area contributed by atoms with Gasteiger partial charge < -0.3 is 0 Å². The van der Waals surface area contributed by atoms with E-state index in [4.69, 9.17) is 0 Å². The zero-order valence-electron chi connectivity index (χ0n) is 11.4. The Morgan fingerprint density at radius 3 is 2.63 bits per heavy atom. The topological polar surface area (TPSA) is 47.8 Å². The summed E-state index contributed by atoms with van der Waals surface area (Å²) in [5.74, 6) is 0.320. The Bertz CT molecular complexity index is 630. The number of aromatic nitrogens is 3. The van der Waals surface area contributed by atoms with Crippen LogP contribution in [0.15, 0.2) is 29.1 Å². The minimum Gasteiger partial charge on any atom is -0.267 e. The number of halogens is 1. The summed E-state index contributed by atoms with van der Waals surface area (Å²) in [6, 6.07) is 7.31. The van der Waals surface area contributed by atoms with Gasteiger partial charge >= 0.3 is 0 Å². The first kappa shape index (κ1) is 14.2. The molecular formula is C14H18BrN3O. The molecule has 1 heterocycles. The molecule has 1 aromatic carbocycles. The average molecular weight is 324 g/mol. The fourth-order valence-corrected chi connectivity index (χ4v) is 3.08. The molecule has 0 saturated carbocycles. The van der Waals surface area contributed by atoms with E-state index in [1.54, 1.807) is 12.1 Å². The van der Waals surface area contributed by atoms with E-state index in [2.05, 4.69) is 47.0 Å². The average Bonchev–Trinajstić information content (AvgIpc) is 2.37. The molecule has 0 aliphatic rings. The number of nitrogens with zero attached hydrogens (tertiary/aromatic N) is 3. The molecule has 0 amide bonds. The lowest BCUT2D eigenvalue weighted by Crippen LogP contribution is -2.33. The van der Waals surface area contributed by atoms with Gasteiger partial charge in [0, 0.05) is 5.33 Å². The first-order valence-corrected chi connectivity index (χ1v) is 7.44.